The lowest BCUT2D eigenvalue weighted by molar-refractivity contribution is -0.122. The molecule has 3 aromatic rings. The van der Waals surface area contributed by atoms with E-state index in [0.29, 0.717) is 31.6 Å². The van der Waals surface area contributed by atoms with Crippen LogP contribution in [0.5, 0.6) is 0 Å². The van der Waals surface area contributed by atoms with Crippen LogP contribution in [0.25, 0.3) is 0 Å². The van der Waals surface area contributed by atoms with Crippen molar-refractivity contribution >= 4 is 27.5 Å². The molecule has 0 saturated carbocycles. The van der Waals surface area contributed by atoms with E-state index in [1.54, 1.807) is 12.1 Å². The molecule has 3 N–H and O–H groups in total. The molecule has 1 heterocycles. The molecule has 3 aromatic carbocycles. The van der Waals surface area contributed by atoms with Crippen LogP contribution in [0.15, 0.2) is 83.8 Å². The molecule has 8 nitrogen and oxygen atoms in total. The molecule has 0 aliphatic carbocycles. The van der Waals surface area contributed by atoms with Crippen LogP contribution in [-0.2, 0) is 39.0 Å². The van der Waals surface area contributed by atoms with Gasteiger partial charge in [-0.25, -0.2) is 8.42 Å². The van der Waals surface area contributed by atoms with Crippen LogP contribution in [0.1, 0.15) is 23.1 Å². The van der Waals surface area contributed by atoms with Crippen LogP contribution in [0.2, 0.25) is 0 Å². The Bertz CT molecular complexity index is 1330. The van der Waals surface area contributed by atoms with Gasteiger partial charge in [0.05, 0.1) is 4.90 Å². The lowest BCUT2D eigenvalue weighted by Gasteiger charge is -2.22. The Morgan fingerprint density at radius 2 is 1.65 bits per heavy atom. The van der Waals surface area contributed by atoms with E-state index in [-0.39, 0.29) is 23.1 Å². The molecule has 37 heavy (non-hydrogen) atoms. The molecule has 0 aromatic heterocycles. The van der Waals surface area contributed by atoms with E-state index in [4.69, 9.17) is 0 Å². The Labute approximate surface area is 218 Å². The van der Waals surface area contributed by atoms with Gasteiger partial charge in [0.2, 0.25) is 21.8 Å². The molecule has 0 saturated heterocycles. The Morgan fingerprint density at radius 3 is 2.35 bits per heavy atom. The number of likely N-dealkylation sites (N-methyl/N-ethyl adjacent to an activating group) is 1. The standard InChI is InChI=1S/C28H32N4O4S/c1-32(20-22-10-6-3-7-11-22)17-16-29-28(34)26(18-21-8-4-2-5-9-21)31-37(35,36)24-13-14-25-23(19-24)12-15-27(33)30-25/h2-11,13-14,19,26,31H,12,15-18,20H2,1H3,(H,29,34)(H,30,33)/t26-/m0/s1. The average Bonchev–Trinajstić information content (AvgIpc) is 2.89. The topological polar surface area (TPSA) is 108 Å². The number of nitrogens with zero attached hydrogens (tertiary/aromatic N) is 1. The maximum atomic E-state index is 13.3. The second kappa shape index (κ2) is 12.1. The summed E-state index contributed by atoms with van der Waals surface area (Å²) in [7, 11) is -2.01. The molecule has 0 fully saturated rings. The monoisotopic (exact) mass is 520 g/mol. The van der Waals surface area contributed by atoms with Crippen molar-refractivity contribution < 1.29 is 18.0 Å². The van der Waals surface area contributed by atoms with E-state index in [2.05, 4.69) is 20.3 Å². The highest BCUT2D eigenvalue weighted by atomic mass is 32.2. The Morgan fingerprint density at radius 1 is 0.973 bits per heavy atom. The van der Waals surface area contributed by atoms with Crippen molar-refractivity contribution in [3.63, 3.8) is 0 Å². The molecule has 2 amide bonds. The highest BCUT2D eigenvalue weighted by Crippen LogP contribution is 2.25. The number of rotatable bonds is 11. The van der Waals surface area contributed by atoms with Gasteiger partial charge < -0.3 is 15.5 Å². The zero-order chi connectivity index (χ0) is 26.3. The second-order valence-electron chi connectivity index (χ2n) is 9.25. The fourth-order valence-electron chi connectivity index (χ4n) is 4.29. The number of amides is 2. The summed E-state index contributed by atoms with van der Waals surface area (Å²) in [6.07, 6.45) is 0.989. The quantitative estimate of drug-likeness (QED) is 0.360. The molecular weight excluding hydrogens is 488 g/mol. The summed E-state index contributed by atoms with van der Waals surface area (Å²) in [6, 6.07) is 23.0. The summed E-state index contributed by atoms with van der Waals surface area (Å²) in [5.41, 5.74) is 3.40. The van der Waals surface area contributed by atoms with Crippen molar-refractivity contribution in [2.45, 2.75) is 36.7 Å². The van der Waals surface area contributed by atoms with Gasteiger partial charge in [0, 0.05) is 31.7 Å². The number of carbonyl (C=O) groups excluding carboxylic acids is 2. The fraction of sp³-hybridized carbons (Fsp3) is 0.286. The zero-order valence-electron chi connectivity index (χ0n) is 20.8. The van der Waals surface area contributed by atoms with Crippen molar-refractivity contribution in [1.29, 1.82) is 0 Å². The largest absolute Gasteiger partial charge is 0.353 e. The SMILES string of the molecule is CN(CCNC(=O)[C@H](Cc1ccccc1)NS(=O)(=O)c1ccc2c(c1)CCC(=O)N2)Cc1ccccc1. The molecule has 194 valence electrons. The van der Waals surface area contributed by atoms with Crippen LogP contribution < -0.4 is 15.4 Å². The van der Waals surface area contributed by atoms with Crippen LogP contribution in [-0.4, -0.2) is 51.3 Å². The highest BCUT2D eigenvalue weighted by molar-refractivity contribution is 7.89. The average molecular weight is 521 g/mol. The van der Waals surface area contributed by atoms with Crippen LogP contribution >= 0.6 is 0 Å². The zero-order valence-corrected chi connectivity index (χ0v) is 21.6. The maximum Gasteiger partial charge on any atom is 0.241 e. The predicted molar refractivity (Wildman–Crippen MR) is 143 cm³/mol. The Kier molecular flexibility index (Phi) is 8.70. The molecule has 0 radical (unpaired) electrons. The van der Waals surface area contributed by atoms with Gasteiger partial charge in [-0.3, -0.25) is 9.59 Å². The molecule has 1 aliphatic rings. The molecule has 1 aliphatic heterocycles. The number of sulfonamides is 1. The summed E-state index contributed by atoms with van der Waals surface area (Å²) >= 11 is 0. The smallest absolute Gasteiger partial charge is 0.241 e. The first-order chi connectivity index (χ1) is 17.8. The van der Waals surface area contributed by atoms with Gasteiger partial charge in [0.15, 0.2) is 0 Å². The fourth-order valence-corrected chi connectivity index (χ4v) is 5.53. The van der Waals surface area contributed by atoms with Crippen molar-refractivity contribution in [3.8, 4) is 0 Å². The third kappa shape index (κ3) is 7.48. The predicted octanol–water partition coefficient (Wildman–Crippen LogP) is 2.71. The molecule has 0 unspecified atom stereocenters. The molecule has 0 bridgehead atoms. The lowest BCUT2D eigenvalue weighted by Crippen LogP contribution is -2.49. The van der Waals surface area contributed by atoms with Crippen molar-refractivity contribution in [1.82, 2.24) is 14.9 Å². The molecule has 0 spiro atoms. The van der Waals surface area contributed by atoms with Crippen LogP contribution in [0, 0.1) is 0 Å². The number of benzene rings is 3. The van der Waals surface area contributed by atoms with E-state index in [1.807, 2.05) is 67.7 Å². The summed E-state index contributed by atoms with van der Waals surface area (Å²) in [5, 5.41) is 5.65. The minimum Gasteiger partial charge on any atom is -0.353 e. The lowest BCUT2D eigenvalue weighted by atomic mass is 10.0. The minimum atomic E-state index is -3.99. The second-order valence-corrected chi connectivity index (χ2v) is 11.0. The third-order valence-corrected chi connectivity index (χ3v) is 7.74. The number of hydrogen-bond donors (Lipinski definition) is 3. The van der Waals surface area contributed by atoms with Crippen LogP contribution in [0.3, 0.4) is 0 Å². The summed E-state index contributed by atoms with van der Waals surface area (Å²) in [4.78, 5) is 27.0. The number of anilines is 1. The summed E-state index contributed by atoms with van der Waals surface area (Å²) in [6.45, 7) is 1.74. The van der Waals surface area contributed by atoms with Gasteiger partial charge in [-0.2, -0.15) is 4.72 Å². The molecule has 1 atom stereocenters. The first-order valence-electron chi connectivity index (χ1n) is 12.3. The normalized spacial score (nSPS) is 14.1. The maximum absolute atomic E-state index is 13.3. The third-order valence-electron chi connectivity index (χ3n) is 6.27. The van der Waals surface area contributed by atoms with E-state index in [1.165, 1.54) is 11.6 Å². The van der Waals surface area contributed by atoms with Gasteiger partial charge in [0.25, 0.3) is 0 Å². The van der Waals surface area contributed by atoms with Crippen LogP contribution in [0.4, 0.5) is 5.69 Å². The van der Waals surface area contributed by atoms with Gasteiger partial charge in [0.1, 0.15) is 6.04 Å². The van der Waals surface area contributed by atoms with Crippen molar-refractivity contribution in [3.05, 3.63) is 95.6 Å². The van der Waals surface area contributed by atoms with E-state index in [0.717, 1.165) is 17.7 Å². The summed E-state index contributed by atoms with van der Waals surface area (Å²) in [5.74, 6) is -0.471. The minimum absolute atomic E-state index is 0.0656. The summed E-state index contributed by atoms with van der Waals surface area (Å²) < 4.78 is 29.2. The van der Waals surface area contributed by atoms with E-state index < -0.39 is 16.1 Å². The Balaban J connectivity index is 1.43. The number of hydrogen-bond acceptors (Lipinski definition) is 5. The molecular formula is C28H32N4O4S. The first kappa shape index (κ1) is 26.5. The highest BCUT2D eigenvalue weighted by Gasteiger charge is 2.27. The van der Waals surface area contributed by atoms with E-state index in [9.17, 15) is 18.0 Å². The van der Waals surface area contributed by atoms with E-state index >= 15 is 0 Å². The van der Waals surface area contributed by atoms with Crippen molar-refractivity contribution in [2.24, 2.45) is 0 Å². The molecule has 4 rings (SSSR count). The van der Waals surface area contributed by atoms with Crippen molar-refractivity contribution in [2.75, 3.05) is 25.5 Å². The molecule has 9 heteroatoms. The van der Waals surface area contributed by atoms with Gasteiger partial charge in [-0.05, 0) is 54.8 Å². The number of carbonyl (C=O) groups is 2. The van der Waals surface area contributed by atoms with Gasteiger partial charge in [-0.1, -0.05) is 60.7 Å². The van der Waals surface area contributed by atoms with Gasteiger partial charge in [-0.15, -0.1) is 0 Å². The number of fused-ring (bicyclic) bond motifs is 1. The number of nitrogens with one attached hydrogen (secondary N) is 3. The van der Waals surface area contributed by atoms with Gasteiger partial charge >= 0.3 is 0 Å². The first-order valence-corrected chi connectivity index (χ1v) is 13.8. The Hall–Kier alpha value is -3.53. The number of aryl methyl sites for hydroxylation is 1.